The summed E-state index contributed by atoms with van der Waals surface area (Å²) in [7, 11) is 0. The van der Waals surface area contributed by atoms with E-state index < -0.39 is 0 Å². The van der Waals surface area contributed by atoms with Crippen LogP contribution >= 0.6 is 11.8 Å². The number of amides is 1. The van der Waals surface area contributed by atoms with Crippen molar-refractivity contribution < 1.29 is 9.90 Å². The van der Waals surface area contributed by atoms with Gasteiger partial charge in [0.15, 0.2) is 0 Å². The number of thioether (sulfide) groups is 1. The third-order valence-corrected chi connectivity index (χ3v) is 3.88. The molecule has 0 saturated heterocycles. The SMILES string of the molecule is Cc1ccc(SCC(=O)NC2CC(O)C2)cc1. The molecule has 1 amide bonds. The maximum Gasteiger partial charge on any atom is 0.230 e. The van der Waals surface area contributed by atoms with Crippen LogP contribution in [0.15, 0.2) is 29.2 Å². The molecule has 0 atom stereocenters. The summed E-state index contributed by atoms with van der Waals surface area (Å²) in [6.45, 7) is 2.04. The summed E-state index contributed by atoms with van der Waals surface area (Å²) in [5.74, 6) is 0.489. The fourth-order valence-electron chi connectivity index (χ4n) is 1.76. The van der Waals surface area contributed by atoms with Crippen LogP contribution in [-0.4, -0.2) is 28.9 Å². The van der Waals surface area contributed by atoms with Crippen molar-refractivity contribution in [2.24, 2.45) is 0 Å². The Morgan fingerprint density at radius 2 is 2.06 bits per heavy atom. The van der Waals surface area contributed by atoms with E-state index in [1.165, 1.54) is 5.56 Å². The monoisotopic (exact) mass is 251 g/mol. The number of hydrogen-bond acceptors (Lipinski definition) is 3. The average Bonchev–Trinajstić information content (AvgIpc) is 2.26. The molecule has 17 heavy (non-hydrogen) atoms. The van der Waals surface area contributed by atoms with Gasteiger partial charge < -0.3 is 10.4 Å². The third-order valence-electron chi connectivity index (χ3n) is 2.87. The summed E-state index contributed by atoms with van der Waals surface area (Å²) >= 11 is 1.54. The first-order chi connectivity index (χ1) is 8.13. The Morgan fingerprint density at radius 1 is 1.41 bits per heavy atom. The molecule has 2 rings (SSSR count). The van der Waals surface area contributed by atoms with Crippen LogP contribution < -0.4 is 5.32 Å². The molecule has 0 spiro atoms. The van der Waals surface area contributed by atoms with Crippen LogP contribution in [-0.2, 0) is 4.79 Å². The number of rotatable bonds is 4. The molecular weight excluding hydrogens is 234 g/mol. The fourth-order valence-corrected chi connectivity index (χ4v) is 2.47. The summed E-state index contributed by atoms with van der Waals surface area (Å²) in [5, 5.41) is 12.0. The lowest BCUT2D eigenvalue weighted by molar-refractivity contribution is -0.120. The minimum atomic E-state index is -0.218. The Bertz CT molecular complexity index is 385. The van der Waals surface area contributed by atoms with Crippen molar-refractivity contribution in [2.45, 2.75) is 36.8 Å². The molecule has 4 heteroatoms. The first kappa shape index (κ1) is 12.5. The lowest BCUT2D eigenvalue weighted by atomic mass is 9.89. The van der Waals surface area contributed by atoms with Crippen molar-refractivity contribution in [1.82, 2.24) is 5.32 Å². The molecule has 0 bridgehead atoms. The summed E-state index contributed by atoms with van der Waals surface area (Å²) in [6.07, 6.45) is 1.17. The van der Waals surface area contributed by atoms with Gasteiger partial charge in [0.25, 0.3) is 0 Å². The zero-order valence-electron chi connectivity index (χ0n) is 9.85. The largest absolute Gasteiger partial charge is 0.393 e. The average molecular weight is 251 g/mol. The smallest absolute Gasteiger partial charge is 0.230 e. The van der Waals surface area contributed by atoms with E-state index in [1.807, 2.05) is 31.2 Å². The van der Waals surface area contributed by atoms with E-state index in [0.29, 0.717) is 18.6 Å². The predicted molar refractivity (Wildman–Crippen MR) is 69.1 cm³/mol. The molecule has 1 aliphatic rings. The van der Waals surface area contributed by atoms with Crippen molar-refractivity contribution in [3.05, 3.63) is 29.8 Å². The topological polar surface area (TPSA) is 49.3 Å². The van der Waals surface area contributed by atoms with Crippen molar-refractivity contribution in [2.75, 3.05) is 5.75 Å². The second-order valence-electron chi connectivity index (χ2n) is 4.49. The van der Waals surface area contributed by atoms with Crippen LogP contribution in [0.5, 0.6) is 0 Å². The molecule has 0 aliphatic heterocycles. The van der Waals surface area contributed by atoms with Crippen LogP contribution in [0.1, 0.15) is 18.4 Å². The summed E-state index contributed by atoms with van der Waals surface area (Å²) in [5.41, 5.74) is 1.22. The van der Waals surface area contributed by atoms with Gasteiger partial charge in [-0.15, -0.1) is 11.8 Å². The van der Waals surface area contributed by atoms with Gasteiger partial charge in [-0.1, -0.05) is 17.7 Å². The van der Waals surface area contributed by atoms with Crippen LogP contribution in [0.4, 0.5) is 0 Å². The second kappa shape index (κ2) is 5.56. The molecule has 0 radical (unpaired) electrons. The fraction of sp³-hybridized carbons (Fsp3) is 0.462. The molecule has 0 unspecified atom stereocenters. The molecule has 92 valence electrons. The minimum Gasteiger partial charge on any atom is -0.393 e. The number of carbonyl (C=O) groups excluding carboxylic acids is 1. The molecule has 1 aliphatic carbocycles. The molecule has 3 nitrogen and oxygen atoms in total. The highest BCUT2D eigenvalue weighted by molar-refractivity contribution is 8.00. The van der Waals surface area contributed by atoms with E-state index in [4.69, 9.17) is 5.11 Å². The van der Waals surface area contributed by atoms with E-state index in [-0.39, 0.29) is 18.1 Å². The van der Waals surface area contributed by atoms with Crippen LogP contribution in [0.3, 0.4) is 0 Å². The normalized spacial score (nSPS) is 22.9. The zero-order chi connectivity index (χ0) is 12.3. The van der Waals surface area contributed by atoms with Gasteiger partial charge in [0, 0.05) is 10.9 Å². The van der Waals surface area contributed by atoms with Crippen LogP contribution in [0, 0.1) is 6.92 Å². The first-order valence-corrected chi connectivity index (χ1v) is 6.79. The highest BCUT2D eigenvalue weighted by Crippen LogP contribution is 2.21. The highest BCUT2D eigenvalue weighted by Gasteiger charge is 2.28. The van der Waals surface area contributed by atoms with Crippen molar-refractivity contribution in [1.29, 1.82) is 0 Å². The molecule has 2 N–H and O–H groups in total. The van der Waals surface area contributed by atoms with E-state index in [2.05, 4.69) is 5.32 Å². The molecule has 1 aromatic rings. The van der Waals surface area contributed by atoms with Crippen LogP contribution in [0.25, 0.3) is 0 Å². The number of benzene rings is 1. The Balaban J connectivity index is 1.70. The number of hydrogen-bond donors (Lipinski definition) is 2. The third kappa shape index (κ3) is 3.75. The number of aryl methyl sites for hydroxylation is 1. The second-order valence-corrected chi connectivity index (χ2v) is 5.54. The molecule has 1 aromatic carbocycles. The number of nitrogens with one attached hydrogen (secondary N) is 1. The predicted octanol–water partition coefficient (Wildman–Crippen LogP) is 1.73. The van der Waals surface area contributed by atoms with Crippen molar-refractivity contribution >= 4 is 17.7 Å². The molecule has 0 aromatic heterocycles. The van der Waals surface area contributed by atoms with Gasteiger partial charge in [-0.25, -0.2) is 0 Å². The van der Waals surface area contributed by atoms with E-state index in [9.17, 15) is 4.79 Å². The summed E-state index contributed by atoms with van der Waals surface area (Å²) in [4.78, 5) is 12.7. The van der Waals surface area contributed by atoms with Gasteiger partial charge in [-0.3, -0.25) is 4.79 Å². The van der Waals surface area contributed by atoms with Crippen molar-refractivity contribution in [3.8, 4) is 0 Å². The maximum atomic E-state index is 11.6. The molecule has 1 fully saturated rings. The molecule has 1 saturated carbocycles. The first-order valence-electron chi connectivity index (χ1n) is 5.80. The van der Waals surface area contributed by atoms with Crippen LogP contribution in [0.2, 0.25) is 0 Å². The number of aliphatic hydroxyl groups is 1. The zero-order valence-corrected chi connectivity index (χ0v) is 10.7. The lowest BCUT2D eigenvalue weighted by Crippen LogP contribution is -2.47. The molecule has 0 heterocycles. The van der Waals surface area contributed by atoms with Gasteiger partial charge in [0.2, 0.25) is 5.91 Å². The number of aliphatic hydroxyl groups excluding tert-OH is 1. The van der Waals surface area contributed by atoms with E-state index >= 15 is 0 Å². The Labute approximate surface area is 106 Å². The quantitative estimate of drug-likeness (QED) is 0.801. The Kier molecular flexibility index (Phi) is 4.07. The van der Waals surface area contributed by atoms with Gasteiger partial charge in [-0.05, 0) is 31.9 Å². The Morgan fingerprint density at radius 3 is 2.65 bits per heavy atom. The molecular formula is C13H17NO2S. The highest BCUT2D eigenvalue weighted by atomic mass is 32.2. The van der Waals surface area contributed by atoms with Gasteiger partial charge in [0.05, 0.1) is 11.9 Å². The number of carbonyl (C=O) groups is 1. The van der Waals surface area contributed by atoms with Crippen molar-refractivity contribution in [3.63, 3.8) is 0 Å². The maximum absolute atomic E-state index is 11.6. The lowest BCUT2D eigenvalue weighted by Gasteiger charge is -2.31. The van der Waals surface area contributed by atoms with Gasteiger partial charge in [-0.2, -0.15) is 0 Å². The minimum absolute atomic E-state index is 0.0486. The van der Waals surface area contributed by atoms with Gasteiger partial charge >= 0.3 is 0 Å². The summed E-state index contributed by atoms with van der Waals surface area (Å²) < 4.78 is 0. The standard InChI is InChI=1S/C13H17NO2S/c1-9-2-4-12(5-3-9)17-8-13(16)14-10-6-11(15)7-10/h2-5,10-11,15H,6-8H2,1H3,(H,14,16). The van der Waals surface area contributed by atoms with Gasteiger partial charge in [0.1, 0.15) is 0 Å². The van der Waals surface area contributed by atoms with E-state index in [0.717, 1.165) is 4.90 Å². The van der Waals surface area contributed by atoms with E-state index in [1.54, 1.807) is 11.8 Å². The Hall–Kier alpha value is -1.00. The summed E-state index contributed by atoms with van der Waals surface area (Å²) in [6, 6.07) is 8.32.